The Labute approximate surface area is 91.8 Å². The Bertz CT molecular complexity index is 438. The Balaban J connectivity index is 3.10. The highest BCUT2D eigenvalue weighted by molar-refractivity contribution is 7.93. The summed E-state index contributed by atoms with van der Waals surface area (Å²) in [5.74, 6) is 0. The molecule has 1 aromatic rings. The van der Waals surface area contributed by atoms with E-state index < -0.39 is 15.3 Å². The Morgan fingerprint density at radius 3 is 2.33 bits per heavy atom. The van der Waals surface area contributed by atoms with Crippen LogP contribution in [-0.2, 0) is 10.0 Å². The number of sulfonamides is 1. The van der Waals surface area contributed by atoms with Gasteiger partial charge in [-0.1, -0.05) is 12.1 Å². The van der Waals surface area contributed by atoms with E-state index in [4.69, 9.17) is 0 Å². The molecule has 0 N–H and O–H groups in total. The van der Waals surface area contributed by atoms with Crippen molar-refractivity contribution in [1.29, 1.82) is 0 Å². The highest BCUT2D eigenvalue weighted by atomic mass is 32.2. The molecular formula is C11H17NO2S. The second-order valence-corrected chi connectivity index (χ2v) is 6.42. The molecule has 0 aliphatic carbocycles. The zero-order valence-corrected chi connectivity index (χ0v) is 10.4. The van der Waals surface area contributed by atoms with Crippen molar-refractivity contribution >= 4 is 15.7 Å². The van der Waals surface area contributed by atoms with Crippen LogP contribution in [0.2, 0.25) is 0 Å². The van der Waals surface area contributed by atoms with Gasteiger partial charge in [0.15, 0.2) is 0 Å². The van der Waals surface area contributed by atoms with Crippen molar-refractivity contribution < 1.29 is 8.42 Å². The minimum Gasteiger partial charge on any atom is -0.273 e. The van der Waals surface area contributed by atoms with E-state index in [1.165, 1.54) is 4.31 Å². The summed E-state index contributed by atoms with van der Waals surface area (Å²) < 4.78 is 25.1. The van der Waals surface area contributed by atoms with Gasteiger partial charge >= 0.3 is 0 Å². The van der Waals surface area contributed by atoms with Crippen LogP contribution < -0.4 is 4.31 Å². The SMILES string of the molecule is Cc1cccc(N(C)S(=O)(=O)C(C)C)c1. The highest BCUT2D eigenvalue weighted by Gasteiger charge is 2.22. The van der Waals surface area contributed by atoms with E-state index in [1.807, 2.05) is 25.1 Å². The lowest BCUT2D eigenvalue weighted by Crippen LogP contribution is -2.32. The molecule has 0 unspecified atom stereocenters. The summed E-state index contributed by atoms with van der Waals surface area (Å²) in [6, 6.07) is 7.46. The lowest BCUT2D eigenvalue weighted by Gasteiger charge is -2.22. The topological polar surface area (TPSA) is 37.4 Å². The molecule has 0 aromatic heterocycles. The standard InChI is InChI=1S/C11H17NO2S/c1-9(2)15(13,14)12(4)11-7-5-6-10(3)8-11/h5-9H,1-4H3. The highest BCUT2D eigenvalue weighted by Crippen LogP contribution is 2.19. The number of anilines is 1. The van der Waals surface area contributed by atoms with Crippen LogP contribution in [0.3, 0.4) is 0 Å². The molecule has 0 aliphatic rings. The third kappa shape index (κ3) is 2.50. The summed E-state index contributed by atoms with van der Waals surface area (Å²) in [7, 11) is -1.63. The second kappa shape index (κ2) is 4.23. The Kier molecular flexibility index (Phi) is 3.39. The smallest absolute Gasteiger partial charge is 0.237 e. The van der Waals surface area contributed by atoms with Crippen molar-refractivity contribution in [3.05, 3.63) is 29.8 Å². The molecule has 1 rings (SSSR count). The van der Waals surface area contributed by atoms with Gasteiger partial charge in [-0.3, -0.25) is 4.31 Å². The lowest BCUT2D eigenvalue weighted by atomic mass is 10.2. The monoisotopic (exact) mass is 227 g/mol. The van der Waals surface area contributed by atoms with Crippen molar-refractivity contribution in [3.8, 4) is 0 Å². The van der Waals surface area contributed by atoms with Gasteiger partial charge < -0.3 is 0 Å². The first-order valence-corrected chi connectivity index (χ1v) is 6.40. The fourth-order valence-corrected chi connectivity index (χ4v) is 2.33. The predicted octanol–water partition coefficient (Wildman–Crippen LogP) is 2.17. The Morgan fingerprint density at radius 2 is 1.87 bits per heavy atom. The van der Waals surface area contributed by atoms with Gasteiger partial charge in [0.1, 0.15) is 0 Å². The van der Waals surface area contributed by atoms with E-state index in [-0.39, 0.29) is 0 Å². The fraction of sp³-hybridized carbons (Fsp3) is 0.455. The minimum absolute atomic E-state index is 0.400. The average Bonchev–Trinajstić information content (AvgIpc) is 2.16. The van der Waals surface area contributed by atoms with Gasteiger partial charge in [0.05, 0.1) is 10.9 Å². The number of hydrogen-bond acceptors (Lipinski definition) is 2. The van der Waals surface area contributed by atoms with Gasteiger partial charge in [0.25, 0.3) is 0 Å². The summed E-state index contributed by atoms with van der Waals surface area (Å²) in [6.45, 7) is 5.31. The maximum atomic E-state index is 11.9. The van der Waals surface area contributed by atoms with Gasteiger partial charge in [-0.15, -0.1) is 0 Å². The zero-order valence-electron chi connectivity index (χ0n) is 9.56. The average molecular weight is 227 g/mol. The quantitative estimate of drug-likeness (QED) is 0.793. The summed E-state index contributed by atoms with van der Waals surface area (Å²) >= 11 is 0. The van der Waals surface area contributed by atoms with Crippen LogP contribution in [0.1, 0.15) is 19.4 Å². The molecule has 0 amide bonds. The molecule has 84 valence electrons. The molecule has 3 nitrogen and oxygen atoms in total. The molecule has 0 heterocycles. The number of rotatable bonds is 3. The molecule has 0 saturated heterocycles. The first-order valence-electron chi connectivity index (χ1n) is 4.90. The van der Waals surface area contributed by atoms with E-state index in [9.17, 15) is 8.42 Å². The summed E-state index contributed by atoms with van der Waals surface area (Å²) in [5.41, 5.74) is 1.77. The van der Waals surface area contributed by atoms with E-state index in [0.717, 1.165) is 5.56 Å². The van der Waals surface area contributed by atoms with Gasteiger partial charge in [-0.05, 0) is 38.5 Å². The van der Waals surface area contributed by atoms with Crippen LogP contribution in [0.15, 0.2) is 24.3 Å². The minimum atomic E-state index is -3.21. The molecule has 0 radical (unpaired) electrons. The largest absolute Gasteiger partial charge is 0.273 e. The first-order chi connectivity index (χ1) is 6.85. The van der Waals surface area contributed by atoms with Crippen LogP contribution in [0.5, 0.6) is 0 Å². The van der Waals surface area contributed by atoms with E-state index in [1.54, 1.807) is 27.0 Å². The van der Waals surface area contributed by atoms with E-state index in [2.05, 4.69) is 0 Å². The molecule has 1 aromatic carbocycles. The van der Waals surface area contributed by atoms with Crippen molar-refractivity contribution in [2.45, 2.75) is 26.0 Å². The summed E-state index contributed by atoms with van der Waals surface area (Å²) in [4.78, 5) is 0. The van der Waals surface area contributed by atoms with Crippen LogP contribution >= 0.6 is 0 Å². The third-order valence-electron chi connectivity index (χ3n) is 2.34. The molecule has 0 bridgehead atoms. The maximum absolute atomic E-state index is 11.9. The number of nitrogens with zero attached hydrogens (tertiary/aromatic N) is 1. The number of benzene rings is 1. The fourth-order valence-electron chi connectivity index (χ4n) is 1.29. The van der Waals surface area contributed by atoms with Crippen LogP contribution in [0, 0.1) is 6.92 Å². The third-order valence-corrected chi connectivity index (χ3v) is 4.51. The van der Waals surface area contributed by atoms with E-state index in [0.29, 0.717) is 5.69 Å². The Morgan fingerprint density at radius 1 is 1.27 bits per heavy atom. The van der Waals surface area contributed by atoms with Crippen molar-refractivity contribution in [3.63, 3.8) is 0 Å². The summed E-state index contributed by atoms with van der Waals surface area (Å²) in [5, 5.41) is -0.400. The maximum Gasteiger partial charge on any atom is 0.237 e. The van der Waals surface area contributed by atoms with Crippen LogP contribution in [0.25, 0.3) is 0 Å². The van der Waals surface area contributed by atoms with Gasteiger partial charge in [0, 0.05) is 7.05 Å². The van der Waals surface area contributed by atoms with E-state index >= 15 is 0 Å². The molecule has 0 aliphatic heterocycles. The summed E-state index contributed by atoms with van der Waals surface area (Å²) in [6.07, 6.45) is 0. The number of hydrogen-bond donors (Lipinski definition) is 0. The van der Waals surface area contributed by atoms with Crippen molar-refractivity contribution in [1.82, 2.24) is 0 Å². The van der Waals surface area contributed by atoms with Gasteiger partial charge in [0.2, 0.25) is 10.0 Å². The second-order valence-electron chi connectivity index (χ2n) is 3.90. The predicted molar refractivity (Wildman–Crippen MR) is 63.6 cm³/mol. The molecule has 0 fully saturated rings. The normalized spacial score (nSPS) is 11.8. The van der Waals surface area contributed by atoms with Gasteiger partial charge in [-0.2, -0.15) is 0 Å². The molecule has 4 heteroatoms. The van der Waals surface area contributed by atoms with Gasteiger partial charge in [-0.25, -0.2) is 8.42 Å². The molecular weight excluding hydrogens is 210 g/mol. The van der Waals surface area contributed by atoms with Crippen LogP contribution in [-0.4, -0.2) is 20.7 Å². The molecule has 0 saturated carbocycles. The molecule has 0 spiro atoms. The van der Waals surface area contributed by atoms with Crippen molar-refractivity contribution in [2.24, 2.45) is 0 Å². The first kappa shape index (κ1) is 12.0. The lowest BCUT2D eigenvalue weighted by molar-refractivity contribution is 0.585. The van der Waals surface area contributed by atoms with Crippen molar-refractivity contribution in [2.75, 3.05) is 11.4 Å². The number of aryl methyl sites for hydroxylation is 1. The zero-order chi connectivity index (χ0) is 11.6. The molecule has 15 heavy (non-hydrogen) atoms. The Hall–Kier alpha value is -1.03. The van der Waals surface area contributed by atoms with Crippen LogP contribution in [0.4, 0.5) is 5.69 Å². The molecule has 0 atom stereocenters.